The summed E-state index contributed by atoms with van der Waals surface area (Å²) in [6, 6.07) is 0. The van der Waals surface area contributed by atoms with Crippen LogP contribution in [0.3, 0.4) is 0 Å². The van der Waals surface area contributed by atoms with Crippen molar-refractivity contribution in [2.24, 2.45) is 5.92 Å². The van der Waals surface area contributed by atoms with E-state index in [4.69, 9.17) is 4.74 Å². The minimum atomic E-state index is 0.0359. The Morgan fingerprint density at radius 3 is 1.87 bits per heavy atom. The monoisotopic (exact) mass is 324 g/mol. The molecular weight excluding hydrogens is 284 g/mol. The summed E-state index contributed by atoms with van der Waals surface area (Å²) in [7, 11) is 0. The van der Waals surface area contributed by atoms with Gasteiger partial charge >= 0.3 is 5.97 Å². The summed E-state index contributed by atoms with van der Waals surface area (Å²) in [5.41, 5.74) is 0. The Hall–Kier alpha value is -0.530. The smallest absolute Gasteiger partial charge is 0.305 e. The van der Waals surface area contributed by atoms with Crippen molar-refractivity contribution in [3.05, 3.63) is 0 Å². The zero-order chi connectivity index (χ0) is 16.6. The van der Waals surface area contributed by atoms with Crippen LogP contribution >= 0.6 is 0 Å². The molecule has 2 heteroatoms. The Morgan fingerprint density at radius 2 is 1.30 bits per heavy atom. The van der Waals surface area contributed by atoms with E-state index in [1.807, 2.05) is 0 Å². The minimum Gasteiger partial charge on any atom is -0.465 e. The van der Waals surface area contributed by atoms with Crippen LogP contribution in [0.2, 0.25) is 0 Å². The van der Waals surface area contributed by atoms with E-state index in [2.05, 4.69) is 6.92 Å². The molecule has 0 aliphatic heterocycles. The zero-order valence-electron chi connectivity index (χ0n) is 15.6. The van der Waals surface area contributed by atoms with Gasteiger partial charge in [0.05, 0.1) is 6.61 Å². The van der Waals surface area contributed by atoms with E-state index >= 15 is 0 Å². The highest BCUT2D eigenvalue weighted by molar-refractivity contribution is 5.69. The molecule has 1 rings (SSSR count). The van der Waals surface area contributed by atoms with Gasteiger partial charge in [0.2, 0.25) is 0 Å². The normalized spacial score (nSPS) is 16.2. The van der Waals surface area contributed by atoms with E-state index in [1.54, 1.807) is 0 Å². The molecule has 1 aliphatic carbocycles. The molecule has 0 N–H and O–H groups in total. The molecular formula is C21H40O2. The summed E-state index contributed by atoms with van der Waals surface area (Å²) in [5, 5.41) is 0. The van der Waals surface area contributed by atoms with Crippen LogP contribution in [0.4, 0.5) is 0 Å². The van der Waals surface area contributed by atoms with E-state index in [1.165, 1.54) is 96.3 Å². The highest BCUT2D eigenvalue weighted by Crippen LogP contribution is 2.23. The summed E-state index contributed by atoms with van der Waals surface area (Å²) in [6.45, 7) is 2.94. The average Bonchev–Trinajstić information content (AvgIpc) is 2.83. The fourth-order valence-corrected chi connectivity index (χ4v) is 3.57. The van der Waals surface area contributed by atoms with Crippen molar-refractivity contribution in [2.75, 3.05) is 6.61 Å². The van der Waals surface area contributed by atoms with Crippen LogP contribution in [-0.2, 0) is 9.53 Å². The van der Waals surface area contributed by atoms with Gasteiger partial charge in [0.25, 0.3) is 0 Å². The van der Waals surface area contributed by atoms with E-state index in [0.29, 0.717) is 18.9 Å². The maximum Gasteiger partial charge on any atom is 0.305 e. The van der Waals surface area contributed by atoms with Gasteiger partial charge in [0.1, 0.15) is 0 Å². The predicted octanol–water partition coefficient (Wildman–Crippen LogP) is 6.81. The van der Waals surface area contributed by atoms with Crippen molar-refractivity contribution in [3.8, 4) is 0 Å². The van der Waals surface area contributed by atoms with Gasteiger partial charge in [-0.1, -0.05) is 90.4 Å². The van der Waals surface area contributed by atoms with Crippen LogP contribution in [-0.4, -0.2) is 12.6 Å². The highest BCUT2D eigenvalue weighted by Gasteiger charge is 2.14. The lowest BCUT2D eigenvalue weighted by Crippen LogP contribution is -2.13. The van der Waals surface area contributed by atoms with Crippen molar-refractivity contribution in [3.63, 3.8) is 0 Å². The number of rotatable bonds is 13. The molecule has 1 aliphatic rings. The van der Waals surface area contributed by atoms with Crippen molar-refractivity contribution < 1.29 is 9.53 Å². The molecule has 0 amide bonds. The Kier molecular flexibility index (Phi) is 13.4. The molecule has 0 saturated heterocycles. The first-order valence-electron chi connectivity index (χ1n) is 10.5. The second-order valence-corrected chi connectivity index (χ2v) is 7.47. The molecule has 0 bridgehead atoms. The second kappa shape index (κ2) is 15.0. The van der Waals surface area contributed by atoms with Crippen molar-refractivity contribution in [1.29, 1.82) is 0 Å². The third-order valence-electron chi connectivity index (χ3n) is 5.19. The predicted molar refractivity (Wildman–Crippen MR) is 98.6 cm³/mol. The molecule has 0 unspecified atom stereocenters. The van der Waals surface area contributed by atoms with Crippen molar-refractivity contribution >= 4 is 5.97 Å². The van der Waals surface area contributed by atoms with Crippen LogP contribution in [0.1, 0.15) is 116 Å². The first-order chi connectivity index (χ1) is 11.3. The maximum absolute atomic E-state index is 11.8. The van der Waals surface area contributed by atoms with Gasteiger partial charge in [0.15, 0.2) is 0 Å². The molecule has 2 nitrogen and oxygen atoms in total. The molecule has 136 valence electrons. The van der Waals surface area contributed by atoms with E-state index in [-0.39, 0.29) is 5.97 Å². The maximum atomic E-state index is 11.8. The molecule has 0 radical (unpaired) electrons. The first kappa shape index (κ1) is 20.5. The van der Waals surface area contributed by atoms with Gasteiger partial charge in [-0.25, -0.2) is 0 Å². The molecule has 0 aromatic carbocycles. The van der Waals surface area contributed by atoms with E-state index in [0.717, 1.165) is 6.42 Å². The molecule has 0 spiro atoms. The molecule has 0 aromatic heterocycles. The van der Waals surface area contributed by atoms with Crippen molar-refractivity contribution in [1.82, 2.24) is 0 Å². The third kappa shape index (κ3) is 12.5. The van der Waals surface area contributed by atoms with E-state index in [9.17, 15) is 4.79 Å². The number of unbranched alkanes of at least 4 members (excludes halogenated alkanes) is 9. The molecule has 0 atom stereocenters. The number of ether oxygens (including phenoxy) is 1. The topological polar surface area (TPSA) is 26.3 Å². The SMILES string of the molecule is CCCCCCCCCCCCC(=O)OCC1CCCCCC1. The number of hydrogen-bond acceptors (Lipinski definition) is 2. The van der Waals surface area contributed by atoms with Crippen LogP contribution in [0.25, 0.3) is 0 Å². The summed E-state index contributed by atoms with van der Waals surface area (Å²) >= 11 is 0. The van der Waals surface area contributed by atoms with Gasteiger partial charge in [-0.15, -0.1) is 0 Å². The van der Waals surface area contributed by atoms with Gasteiger partial charge < -0.3 is 4.74 Å². The van der Waals surface area contributed by atoms with Crippen LogP contribution in [0.5, 0.6) is 0 Å². The highest BCUT2D eigenvalue weighted by atomic mass is 16.5. The molecule has 1 saturated carbocycles. The second-order valence-electron chi connectivity index (χ2n) is 7.47. The minimum absolute atomic E-state index is 0.0359. The van der Waals surface area contributed by atoms with Crippen LogP contribution in [0.15, 0.2) is 0 Å². The lowest BCUT2D eigenvalue weighted by molar-refractivity contribution is -0.145. The average molecular weight is 325 g/mol. The summed E-state index contributed by atoms with van der Waals surface area (Å²) in [5.74, 6) is 0.669. The molecule has 23 heavy (non-hydrogen) atoms. The van der Waals surface area contributed by atoms with Gasteiger partial charge in [-0.05, 0) is 25.2 Å². The number of carbonyl (C=O) groups is 1. The zero-order valence-corrected chi connectivity index (χ0v) is 15.6. The molecule has 1 fully saturated rings. The van der Waals surface area contributed by atoms with Crippen LogP contribution < -0.4 is 0 Å². The fraction of sp³-hybridized carbons (Fsp3) is 0.952. The standard InChI is InChI=1S/C21H40O2/c1-2-3-4-5-6-7-8-9-10-15-18-21(22)23-19-20-16-13-11-12-14-17-20/h20H,2-19H2,1H3. The number of carbonyl (C=O) groups excluding carboxylic acids is 1. The largest absolute Gasteiger partial charge is 0.465 e. The lowest BCUT2D eigenvalue weighted by atomic mass is 10.0. The Morgan fingerprint density at radius 1 is 0.783 bits per heavy atom. The summed E-state index contributed by atoms with van der Waals surface area (Å²) < 4.78 is 5.48. The molecule has 0 aromatic rings. The third-order valence-corrected chi connectivity index (χ3v) is 5.19. The Bertz CT molecular complexity index is 267. The molecule has 0 heterocycles. The lowest BCUT2D eigenvalue weighted by Gasteiger charge is -2.14. The summed E-state index contributed by atoms with van der Waals surface area (Å²) in [6.07, 6.45) is 21.6. The van der Waals surface area contributed by atoms with Gasteiger partial charge in [-0.2, -0.15) is 0 Å². The van der Waals surface area contributed by atoms with E-state index < -0.39 is 0 Å². The first-order valence-corrected chi connectivity index (χ1v) is 10.5. The number of esters is 1. The summed E-state index contributed by atoms with van der Waals surface area (Å²) in [4.78, 5) is 11.8. The van der Waals surface area contributed by atoms with Crippen molar-refractivity contribution in [2.45, 2.75) is 116 Å². The van der Waals surface area contributed by atoms with Gasteiger partial charge in [0, 0.05) is 6.42 Å². The van der Waals surface area contributed by atoms with Gasteiger partial charge in [-0.3, -0.25) is 4.79 Å². The fourth-order valence-electron chi connectivity index (χ4n) is 3.57. The van der Waals surface area contributed by atoms with Crippen LogP contribution in [0, 0.1) is 5.92 Å². The Labute approximate surface area is 144 Å². The quantitative estimate of drug-likeness (QED) is 0.211. The number of hydrogen-bond donors (Lipinski definition) is 0. The Balaban J connectivity index is 1.84.